The van der Waals surface area contributed by atoms with E-state index >= 15 is 0 Å². The van der Waals surface area contributed by atoms with E-state index in [0.717, 1.165) is 77.8 Å². The van der Waals surface area contributed by atoms with Crippen LogP contribution in [0.25, 0.3) is 60.8 Å². The van der Waals surface area contributed by atoms with Crippen molar-refractivity contribution < 1.29 is 18.0 Å². The number of aromatic nitrogens is 2. The summed E-state index contributed by atoms with van der Waals surface area (Å²) in [7, 11) is 4.06. The van der Waals surface area contributed by atoms with Crippen LogP contribution in [-0.2, 0) is 0 Å². The Morgan fingerprint density at radius 3 is 1.93 bits per heavy atom. The van der Waals surface area contributed by atoms with Crippen molar-refractivity contribution in [1.29, 1.82) is 0 Å². The van der Waals surface area contributed by atoms with Gasteiger partial charge in [-0.2, -0.15) is 0 Å². The molecular formula is C36H27F2N2O2P. The molecule has 0 saturated heterocycles. The predicted molar refractivity (Wildman–Crippen MR) is 173 cm³/mol. The minimum absolute atomic E-state index is 0.325. The van der Waals surface area contributed by atoms with E-state index in [1.807, 2.05) is 30.3 Å². The van der Waals surface area contributed by atoms with Gasteiger partial charge in [0.05, 0.1) is 44.4 Å². The number of rotatable bonds is 5. The van der Waals surface area contributed by atoms with Crippen molar-refractivity contribution in [3.8, 4) is 45.0 Å². The Labute approximate surface area is 249 Å². The van der Waals surface area contributed by atoms with Crippen molar-refractivity contribution in [3.63, 3.8) is 0 Å². The van der Waals surface area contributed by atoms with Crippen molar-refractivity contribution in [2.75, 3.05) is 7.11 Å². The lowest BCUT2D eigenvalue weighted by Crippen LogP contribution is -2.01. The van der Waals surface area contributed by atoms with E-state index < -0.39 is 0 Å². The minimum atomic E-state index is -0.339. The van der Waals surface area contributed by atoms with Gasteiger partial charge in [-0.15, -0.1) is 0 Å². The number of nitrogens with zero attached hydrogens (tertiary/aromatic N) is 2. The fourth-order valence-corrected chi connectivity index (χ4v) is 6.47. The second kappa shape index (κ2) is 10.5. The average molecular weight is 589 g/mol. The predicted octanol–water partition coefficient (Wildman–Crippen LogP) is 9.71. The number of halogens is 2. The maximum atomic E-state index is 14.2. The summed E-state index contributed by atoms with van der Waals surface area (Å²) in [4.78, 5) is 5.27. The summed E-state index contributed by atoms with van der Waals surface area (Å²) >= 11 is 0. The molecule has 0 aliphatic carbocycles. The molecule has 7 aromatic rings. The lowest BCUT2D eigenvalue weighted by atomic mass is 9.85. The summed E-state index contributed by atoms with van der Waals surface area (Å²) in [5.41, 5.74) is 9.55. The van der Waals surface area contributed by atoms with Crippen LogP contribution in [0.1, 0.15) is 11.3 Å². The Kier molecular flexibility index (Phi) is 6.60. The molecule has 212 valence electrons. The van der Waals surface area contributed by atoms with Crippen molar-refractivity contribution >= 4 is 36.8 Å². The van der Waals surface area contributed by atoms with Crippen molar-refractivity contribution in [2.45, 2.75) is 13.8 Å². The lowest BCUT2D eigenvalue weighted by Gasteiger charge is -2.23. The standard InChI is InChI=1S/C36H27F2N2O2P/c1-20-18-21(2)40-30-19-26(41-3)16-17-29(30)39-34(35(20)40)33-28-7-5-4-6-27(28)31(22-8-12-24(37)13-9-22)32(36(33)42-43)23-10-14-25(38)15-11-23/h4-19H,43H2,1-3H3. The van der Waals surface area contributed by atoms with Crippen LogP contribution < -0.4 is 9.26 Å². The Morgan fingerprint density at radius 2 is 1.33 bits per heavy atom. The molecule has 5 aromatic carbocycles. The molecule has 7 heteroatoms. The van der Waals surface area contributed by atoms with Gasteiger partial charge >= 0.3 is 0 Å². The SMILES string of the molecule is COc1ccc2nc(-c3c(OP)c(-c4ccc(F)cc4)c(-c4ccc(F)cc4)c4ccccc34)c3c(C)cc(C)n3c2c1. The molecule has 4 nitrogen and oxygen atoms in total. The zero-order chi connectivity index (χ0) is 29.8. The molecule has 1 unspecified atom stereocenters. The quantitative estimate of drug-likeness (QED) is 0.188. The molecule has 7 rings (SSSR count). The highest BCUT2D eigenvalue weighted by Crippen LogP contribution is 2.52. The summed E-state index contributed by atoms with van der Waals surface area (Å²) < 4.78 is 42.3. The molecule has 0 saturated carbocycles. The normalized spacial score (nSPS) is 11.5. The molecule has 0 spiro atoms. The van der Waals surface area contributed by atoms with E-state index in [9.17, 15) is 8.78 Å². The van der Waals surface area contributed by atoms with Gasteiger partial charge < -0.3 is 13.7 Å². The summed E-state index contributed by atoms with van der Waals surface area (Å²) in [6.07, 6.45) is 0. The average Bonchev–Trinajstić information content (AvgIpc) is 3.34. The number of ether oxygens (including phenoxy) is 1. The summed E-state index contributed by atoms with van der Waals surface area (Å²) in [6, 6.07) is 28.9. The smallest absolute Gasteiger partial charge is 0.141 e. The van der Waals surface area contributed by atoms with Gasteiger partial charge in [0.2, 0.25) is 0 Å². The zero-order valence-electron chi connectivity index (χ0n) is 23.8. The number of hydrogen-bond donors (Lipinski definition) is 0. The summed E-state index contributed by atoms with van der Waals surface area (Å²) in [5.74, 6) is 0.647. The molecule has 2 aromatic heterocycles. The largest absolute Gasteiger partial charge is 0.497 e. The highest BCUT2D eigenvalue weighted by atomic mass is 31.0. The van der Waals surface area contributed by atoms with Gasteiger partial charge in [-0.1, -0.05) is 48.5 Å². The van der Waals surface area contributed by atoms with Gasteiger partial charge in [0.1, 0.15) is 23.1 Å². The number of hydrogen-bond acceptors (Lipinski definition) is 3. The third-order valence-electron chi connectivity index (χ3n) is 8.05. The van der Waals surface area contributed by atoms with E-state index in [0.29, 0.717) is 5.75 Å². The third kappa shape index (κ3) is 4.33. The first-order valence-electron chi connectivity index (χ1n) is 13.8. The van der Waals surface area contributed by atoms with Crippen LogP contribution in [0.4, 0.5) is 8.78 Å². The maximum Gasteiger partial charge on any atom is 0.141 e. The van der Waals surface area contributed by atoms with Crippen LogP contribution in [0, 0.1) is 25.5 Å². The molecule has 0 aliphatic rings. The summed E-state index contributed by atoms with van der Waals surface area (Å²) in [6.45, 7) is 4.16. The molecule has 43 heavy (non-hydrogen) atoms. The number of benzene rings is 5. The van der Waals surface area contributed by atoms with Crippen molar-refractivity contribution in [2.24, 2.45) is 0 Å². The van der Waals surface area contributed by atoms with Crippen molar-refractivity contribution in [1.82, 2.24) is 9.38 Å². The number of aryl methyl sites for hydroxylation is 2. The second-order valence-corrected chi connectivity index (χ2v) is 10.8. The van der Waals surface area contributed by atoms with E-state index in [2.05, 4.69) is 45.9 Å². The Morgan fingerprint density at radius 1 is 0.721 bits per heavy atom. The van der Waals surface area contributed by atoms with Gasteiger partial charge in [-0.25, -0.2) is 13.8 Å². The maximum absolute atomic E-state index is 14.2. The molecule has 0 radical (unpaired) electrons. The second-order valence-electron chi connectivity index (χ2n) is 10.6. The molecular weight excluding hydrogens is 561 g/mol. The molecule has 2 heterocycles. The van der Waals surface area contributed by atoms with Crippen LogP contribution in [0.5, 0.6) is 11.5 Å². The van der Waals surface area contributed by atoms with Crippen LogP contribution in [0.2, 0.25) is 0 Å². The summed E-state index contributed by atoms with van der Waals surface area (Å²) in [5, 5.41) is 1.86. The monoisotopic (exact) mass is 588 g/mol. The first kappa shape index (κ1) is 27.1. The zero-order valence-corrected chi connectivity index (χ0v) is 24.9. The van der Waals surface area contributed by atoms with E-state index in [1.165, 1.54) is 24.3 Å². The topological polar surface area (TPSA) is 35.8 Å². The minimum Gasteiger partial charge on any atom is -0.497 e. The molecule has 0 bridgehead atoms. The van der Waals surface area contributed by atoms with Crippen LogP contribution in [-0.4, -0.2) is 16.5 Å². The van der Waals surface area contributed by atoms with Gasteiger partial charge in [-0.3, -0.25) is 0 Å². The number of fused-ring (bicyclic) bond motifs is 4. The van der Waals surface area contributed by atoms with E-state index in [-0.39, 0.29) is 11.6 Å². The highest BCUT2D eigenvalue weighted by Gasteiger charge is 2.27. The first-order chi connectivity index (χ1) is 20.9. The molecule has 1 atom stereocenters. The van der Waals surface area contributed by atoms with Gasteiger partial charge in [0.15, 0.2) is 0 Å². The molecule has 0 fully saturated rings. The third-order valence-corrected chi connectivity index (χ3v) is 8.28. The Hall–Kier alpha value is -4.80. The highest BCUT2D eigenvalue weighted by molar-refractivity contribution is 7.10. The first-order valence-corrected chi connectivity index (χ1v) is 14.3. The number of methoxy groups -OCH3 is 1. The van der Waals surface area contributed by atoms with Crippen LogP contribution >= 0.6 is 9.47 Å². The lowest BCUT2D eigenvalue weighted by molar-refractivity contribution is 0.415. The van der Waals surface area contributed by atoms with E-state index in [4.69, 9.17) is 14.2 Å². The molecule has 0 amide bonds. The van der Waals surface area contributed by atoms with Gasteiger partial charge in [0.25, 0.3) is 0 Å². The molecule has 0 aliphatic heterocycles. The fraction of sp³-hybridized carbons (Fsp3) is 0.0833. The van der Waals surface area contributed by atoms with E-state index in [1.54, 1.807) is 31.4 Å². The Bertz CT molecular complexity index is 2190. The van der Waals surface area contributed by atoms with Crippen LogP contribution in [0.3, 0.4) is 0 Å². The van der Waals surface area contributed by atoms with Gasteiger partial charge in [0, 0.05) is 22.9 Å². The fourth-order valence-electron chi connectivity index (χ4n) is 6.23. The van der Waals surface area contributed by atoms with Crippen molar-refractivity contribution in [3.05, 3.63) is 120 Å². The van der Waals surface area contributed by atoms with Crippen LogP contribution in [0.15, 0.2) is 97.1 Å². The van der Waals surface area contributed by atoms with Gasteiger partial charge in [-0.05, 0) is 83.8 Å². The molecule has 0 N–H and O–H groups in total. The Balaban J connectivity index is 1.70.